The van der Waals surface area contributed by atoms with Crippen molar-refractivity contribution in [3.05, 3.63) is 42.0 Å². The topological polar surface area (TPSA) is 66.9 Å². The number of imidazole rings is 1. The summed E-state index contributed by atoms with van der Waals surface area (Å²) in [4.78, 5) is 18.6. The minimum atomic E-state index is 0.444. The monoisotopic (exact) mass is 287 g/mol. The number of ether oxygens (including phenoxy) is 1. The molecule has 1 N–H and O–H groups in total. The zero-order chi connectivity index (χ0) is 14.5. The van der Waals surface area contributed by atoms with E-state index in [1.807, 2.05) is 25.5 Å². The molecular formula is C15H21N5O. The van der Waals surface area contributed by atoms with Gasteiger partial charge in [0.05, 0.1) is 31.1 Å². The predicted octanol–water partition coefficient (Wildman–Crippen LogP) is 1.20. The Morgan fingerprint density at radius 2 is 2.29 bits per heavy atom. The van der Waals surface area contributed by atoms with Crippen molar-refractivity contribution in [3.63, 3.8) is 0 Å². The van der Waals surface area contributed by atoms with E-state index >= 15 is 0 Å². The number of aromatic amines is 1. The number of H-pyrrole nitrogens is 1. The Bertz CT molecular complexity index is 540. The van der Waals surface area contributed by atoms with E-state index < -0.39 is 0 Å². The first-order valence-corrected chi connectivity index (χ1v) is 7.35. The van der Waals surface area contributed by atoms with Gasteiger partial charge in [-0.3, -0.25) is 14.9 Å². The van der Waals surface area contributed by atoms with E-state index in [2.05, 4.69) is 24.8 Å². The van der Waals surface area contributed by atoms with Gasteiger partial charge < -0.3 is 9.72 Å². The number of aryl methyl sites for hydroxylation is 1. The molecule has 0 aromatic carbocycles. The molecule has 6 nitrogen and oxygen atoms in total. The third-order valence-corrected chi connectivity index (χ3v) is 3.68. The molecule has 1 saturated heterocycles. The Balaban J connectivity index is 1.60. The van der Waals surface area contributed by atoms with Crippen LogP contribution < -0.4 is 0 Å². The van der Waals surface area contributed by atoms with E-state index in [-0.39, 0.29) is 0 Å². The molecule has 0 spiro atoms. The zero-order valence-corrected chi connectivity index (χ0v) is 12.3. The Hall–Kier alpha value is -1.79. The first-order chi connectivity index (χ1) is 10.3. The highest BCUT2D eigenvalue weighted by Gasteiger charge is 2.20. The van der Waals surface area contributed by atoms with E-state index in [4.69, 9.17) is 4.74 Å². The molecule has 1 aliphatic heterocycles. The summed E-state index contributed by atoms with van der Waals surface area (Å²) >= 11 is 0. The van der Waals surface area contributed by atoms with E-state index in [1.165, 1.54) is 0 Å². The molecule has 0 aliphatic carbocycles. The largest absolute Gasteiger partial charge is 0.380 e. The lowest BCUT2D eigenvalue weighted by Crippen LogP contribution is -2.31. The quantitative estimate of drug-likeness (QED) is 0.915. The van der Waals surface area contributed by atoms with Gasteiger partial charge in [0.1, 0.15) is 5.82 Å². The number of aromatic nitrogens is 4. The third kappa shape index (κ3) is 4.09. The van der Waals surface area contributed by atoms with Crippen LogP contribution in [0.15, 0.2) is 24.8 Å². The summed E-state index contributed by atoms with van der Waals surface area (Å²) in [6.07, 6.45) is 8.26. The van der Waals surface area contributed by atoms with Crippen LogP contribution in [0.5, 0.6) is 0 Å². The van der Waals surface area contributed by atoms with E-state index in [1.54, 1.807) is 6.20 Å². The van der Waals surface area contributed by atoms with Crippen LogP contribution in [0.25, 0.3) is 0 Å². The fourth-order valence-electron chi connectivity index (χ4n) is 2.64. The Morgan fingerprint density at radius 1 is 1.33 bits per heavy atom. The average Bonchev–Trinajstić information content (AvgIpc) is 2.89. The molecule has 0 bridgehead atoms. The first kappa shape index (κ1) is 14.2. The molecule has 21 heavy (non-hydrogen) atoms. The highest BCUT2D eigenvalue weighted by Crippen LogP contribution is 2.13. The fraction of sp³-hybridized carbons (Fsp3) is 0.533. The molecule has 3 rings (SSSR count). The van der Waals surface area contributed by atoms with Gasteiger partial charge in [-0.1, -0.05) is 0 Å². The SMILES string of the molecule is Cc1cnc(C[C@@H]2COCCN(Cc3ncc[nH]3)C2)cn1. The highest BCUT2D eigenvalue weighted by molar-refractivity contribution is 5.02. The van der Waals surface area contributed by atoms with Crippen LogP contribution in [0.1, 0.15) is 17.2 Å². The summed E-state index contributed by atoms with van der Waals surface area (Å²) in [6, 6.07) is 0. The second-order valence-corrected chi connectivity index (χ2v) is 5.57. The minimum absolute atomic E-state index is 0.444. The van der Waals surface area contributed by atoms with Gasteiger partial charge in [-0.2, -0.15) is 0 Å². The second kappa shape index (κ2) is 6.78. The summed E-state index contributed by atoms with van der Waals surface area (Å²) in [6.45, 7) is 6.29. The normalized spacial score (nSPS) is 20.3. The number of nitrogens with zero attached hydrogens (tertiary/aromatic N) is 4. The van der Waals surface area contributed by atoms with Crippen LogP contribution in [0.4, 0.5) is 0 Å². The third-order valence-electron chi connectivity index (χ3n) is 3.68. The summed E-state index contributed by atoms with van der Waals surface area (Å²) in [5.74, 6) is 1.45. The Labute approximate surface area is 124 Å². The number of hydrogen-bond donors (Lipinski definition) is 1. The van der Waals surface area contributed by atoms with Crippen LogP contribution in [0.3, 0.4) is 0 Å². The molecule has 3 heterocycles. The van der Waals surface area contributed by atoms with Crippen molar-refractivity contribution in [1.82, 2.24) is 24.8 Å². The maximum atomic E-state index is 5.73. The van der Waals surface area contributed by atoms with Gasteiger partial charge in [0.15, 0.2) is 0 Å². The molecule has 0 amide bonds. The van der Waals surface area contributed by atoms with Gasteiger partial charge in [0, 0.05) is 43.8 Å². The van der Waals surface area contributed by atoms with Gasteiger partial charge >= 0.3 is 0 Å². The Morgan fingerprint density at radius 3 is 3.05 bits per heavy atom. The maximum absolute atomic E-state index is 5.73. The number of rotatable bonds is 4. The zero-order valence-electron chi connectivity index (χ0n) is 12.3. The van der Waals surface area contributed by atoms with Crippen LogP contribution in [-0.4, -0.2) is 51.1 Å². The molecular weight excluding hydrogens is 266 g/mol. The van der Waals surface area contributed by atoms with Crippen molar-refractivity contribution in [2.45, 2.75) is 19.9 Å². The molecule has 1 aliphatic rings. The fourth-order valence-corrected chi connectivity index (χ4v) is 2.64. The van der Waals surface area contributed by atoms with Crippen LogP contribution in [-0.2, 0) is 17.7 Å². The van der Waals surface area contributed by atoms with Gasteiger partial charge in [-0.15, -0.1) is 0 Å². The van der Waals surface area contributed by atoms with Gasteiger partial charge in [0.2, 0.25) is 0 Å². The van der Waals surface area contributed by atoms with Crippen molar-refractivity contribution >= 4 is 0 Å². The molecule has 1 fully saturated rings. The predicted molar refractivity (Wildman–Crippen MR) is 78.6 cm³/mol. The van der Waals surface area contributed by atoms with Crippen LogP contribution in [0, 0.1) is 12.8 Å². The lowest BCUT2D eigenvalue weighted by molar-refractivity contribution is 0.121. The van der Waals surface area contributed by atoms with Gasteiger partial charge in [-0.05, 0) is 13.3 Å². The molecule has 112 valence electrons. The molecule has 6 heteroatoms. The lowest BCUT2D eigenvalue weighted by atomic mass is 10.0. The lowest BCUT2D eigenvalue weighted by Gasteiger charge is -2.22. The van der Waals surface area contributed by atoms with Crippen molar-refractivity contribution in [3.8, 4) is 0 Å². The maximum Gasteiger partial charge on any atom is 0.120 e. The summed E-state index contributed by atoms with van der Waals surface area (Å²) in [7, 11) is 0. The highest BCUT2D eigenvalue weighted by atomic mass is 16.5. The van der Waals surface area contributed by atoms with Crippen molar-refractivity contribution < 1.29 is 4.74 Å². The van der Waals surface area contributed by atoms with E-state index in [9.17, 15) is 0 Å². The number of hydrogen-bond acceptors (Lipinski definition) is 5. The summed E-state index contributed by atoms with van der Waals surface area (Å²) in [5, 5.41) is 0. The summed E-state index contributed by atoms with van der Waals surface area (Å²) in [5.41, 5.74) is 1.99. The van der Waals surface area contributed by atoms with Crippen LogP contribution in [0.2, 0.25) is 0 Å². The molecule has 0 saturated carbocycles. The summed E-state index contributed by atoms with van der Waals surface area (Å²) < 4.78 is 5.73. The minimum Gasteiger partial charge on any atom is -0.380 e. The van der Waals surface area contributed by atoms with Crippen LogP contribution >= 0.6 is 0 Å². The molecule has 0 unspecified atom stereocenters. The standard InChI is InChI=1S/C15H21N5O/c1-12-7-19-14(8-18-12)6-13-9-20(4-5-21-11-13)10-15-16-2-3-17-15/h2-3,7-8,13H,4-6,9-11H2,1H3,(H,16,17)/t13-/m0/s1. The Kier molecular flexibility index (Phi) is 4.57. The van der Waals surface area contributed by atoms with E-state index in [0.717, 1.165) is 56.5 Å². The second-order valence-electron chi connectivity index (χ2n) is 5.57. The molecule has 2 aromatic heterocycles. The van der Waals surface area contributed by atoms with Crippen molar-refractivity contribution in [2.24, 2.45) is 5.92 Å². The van der Waals surface area contributed by atoms with Crippen molar-refractivity contribution in [1.29, 1.82) is 0 Å². The molecule has 1 atom stereocenters. The van der Waals surface area contributed by atoms with E-state index in [0.29, 0.717) is 5.92 Å². The van der Waals surface area contributed by atoms with Gasteiger partial charge in [-0.25, -0.2) is 4.98 Å². The van der Waals surface area contributed by atoms with Gasteiger partial charge in [0.25, 0.3) is 0 Å². The number of nitrogens with one attached hydrogen (secondary N) is 1. The average molecular weight is 287 g/mol. The molecule has 0 radical (unpaired) electrons. The smallest absolute Gasteiger partial charge is 0.120 e. The first-order valence-electron chi connectivity index (χ1n) is 7.35. The van der Waals surface area contributed by atoms with Crippen molar-refractivity contribution in [2.75, 3.05) is 26.3 Å². The molecule has 2 aromatic rings.